The van der Waals surface area contributed by atoms with Gasteiger partial charge in [-0.15, -0.1) is 0 Å². The van der Waals surface area contributed by atoms with Crippen molar-refractivity contribution >= 4 is 21.5 Å². The molecular formula is C25H19N3O4S. The second kappa shape index (κ2) is 7.73. The highest BCUT2D eigenvalue weighted by Gasteiger charge is 2.47. The number of aromatic hydroxyl groups is 1. The van der Waals surface area contributed by atoms with Gasteiger partial charge in [0.2, 0.25) is 5.88 Å². The number of benzene rings is 3. The molecule has 2 heterocycles. The van der Waals surface area contributed by atoms with Gasteiger partial charge >= 0.3 is 0 Å². The lowest BCUT2D eigenvalue weighted by atomic mass is 9.88. The van der Waals surface area contributed by atoms with Crippen LogP contribution in [0.1, 0.15) is 22.6 Å². The van der Waals surface area contributed by atoms with Crippen LogP contribution in [0.2, 0.25) is 0 Å². The highest BCUT2D eigenvalue weighted by atomic mass is 32.2. The zero-order valence-corrected chi connectivity index (χ0v) is 18.2. The van der Waals surface area contributed by atoms with Crippen LogP contribution < -0.4 is 10.0 Å². The fourth-order valence-electron chi connectivity index (χ4n) is 4.23. The van der Waals surface area contributed by atoms with Crippen LogP contribution in [0.5, 0.6) is 5.75 Å². The van der Waals surface area contributed by atoms with Gasteiger partial charge in [0.15, 0.2) is 5.76 Å². The minimum atomic E-state index is -4.13. The summed E-state index contributed by atoms with van der Waals surface area (Å²) in [7, 11) is -4.13. The number of nitriles is 1. The summed E-state index contributed by atoms with van der Waals surface area (Å²) in [5.74, 6) is -0.977. The molecule has 2 aliphatic rings. The molecule has 0 saturated heterocycles. The Morgan fingerprint density at radius 1 is 1.00 bits per heavy atom. The van der Waals surface area contributed by atoms with Crippen molar-refractivity contribution in [1.82, 2.24) is 0 Å². The molecule has 5 rings (SSSR count). The van der Waals surface area contributed by atoms with E-state index in [1.165, 1.54) is 16.4 Å². The number of nitrogens with two attached hydrogens (primary N) is 1. The van der Waals surface area contributed by atoms with Gasteiger partial charge in [0.05, 0.1) is 18.2 Å². The topological polar surface area (TPSA) is 117 Å². The number of allylic oxidation sites excluding steroid dienone is 2. The molecule has 0 unspecified atom stereocenters. The van der Waals surface area contributed by atoms with Gasteiger partial charge in [0, 0.05) is 5.56 Å². The first-order chi connectivity index (χ1) is 15.9. The van der Waals surface area contributed by atoms with E-state index in [0.717, 1.165) is 5.56 Å². The molecule has 0 saturated carbocycles. The van der Waals surface area contributed by atoms with Crippen molar-refractivity contribution in [2.75, 3.05) is 4.31 Å². The summed E-state index contributed by atoms with van der Waals surface area (Å²) in [6, 6.07) is 24.4. The molecule has 0 fully saturated rings. The summed E-state index contributed by atoms with van der Waals surface area (Å²) < 4.78 is 35.3. The third kappa shape index (κ3) is 3.30. The second-order valence-electron chi connectivity index (χ2n) is 7.72. The van der Waals surface area contributed by atoms with E-state index in [1.807, 2.05) is 36.4 Å². The molecule has 0 radical (unpaired) electrons. The zero-order valence-electron chi connectivity index (χ0n) is 17.3. The van der Waals surface area contributed by atoms with E-state index in [1.54, 1.807) is 36.4 Å². The van der Waals surface area contributed by atoms with Crippen molar-refractivity contribution < 1.29 is 18.3 Å². The predicted octanol–water partition coefficient (Wildman–Crippen LogP) is 3.92. The predicted molar refractivity (Wildman–Crippen MR) is 124 cm³/mol. The third-order valence-electron chi connectivity index (χ3n) is 5.75. The molecule has 33 heavy (non-hydrogen) atoms. The highest BCUT2D eigenvalue weighted by molar-refractivity contribution is 7.96. The highest BCUT2D eigenvalue weighted by Crippen LogP contribution is 2.51. The molecule has 3 aromatic rings. The van der Waals surface area contributed by atoms with Gasteiger partial charge in [0.1, 0.15) is 22.3 Å². The van der Waals surface area contributed by atoms with E-state index in [9.17, 15) is 18.8 Å². The van der Waals surface area contributed by atoms with E-state index in [4.69, 9.17) is 10.5 Å². The van der Waals surface area contributed by atoms with Crippen LogP contribution in [0.3, 0.4) is 0 Å². The van der Waals surface area contributed by atoms with Crippen LogP contribution >= 0.6 is 0 Å². The first-order valence-electron chi connectivity index (χ1n) is 10.2. The lowest BCUT2D eigenvalue weighted by molar-refractivity contribution is 0.357. The van der Waals surface area contributed by atoms with Crippen molar-refractivity contribution in [3.8, 4) is 11.8 Å². The number of fused-ring (bicyclic) bond motifs is 2. The standard InChI is InChI=1S/C25H19N3O4S/c26-14-20-22(17-10-12-18(29)13-11-17)24-23(32-25(20)27)19-8-4-5-9-21(19)28(33(24,30)31)15-16-6-2-1-3-7-16/h1-13,22,29H,15,27H2/t22-/m0/s1. The normalized spacial score (nSPS) is 18.8. The van der Waals surface area contributed by atoms with Crippen LogP contribution in [-0.2, 0) is 21.3 Å². The quantitative estimate of drug-likeness (QED) is 0.616. The molecule has 2 aliphatic heterocycles. The monoisotopic (exact) mass is 457 g/mol. The Balaban J connectivity index is 1.77. The van der Waals surface area contributed by atoms with Gasteiger partial charge in [-0.25, -0.2) is 8.42 Å². The minimum absolute atomic E-state index is 0.00190. The summed E-state index contributed by atoms with van der Waals surface area (Å²) in [5.41, 5.74) is 8.46. The van der Waals surface area contributed by atoms with E-state index in [2.05, 4.69) is 0 Å². The van der Waals surface area contributed by atoms with Crippen molar-refractivity contribution in [2.24, 2.45) is 5.73 Å². The summed E-state index contributed by atoms with van der Waals surface area (Å²) in [4.78, 5) is -0.0476. The zero-order chi connectivity index (χ0) is 23.2. The Bertz CT molecular complexity index is 1450. The van der Waals surface area contributed by atoms with E-state index in [0.29, 0.717) is 16.8 Å². The van der Waals surface area contributed by atoms with Crippen molar-refractivity contribution in [3.63, 3.8) is 0 Å². The van der Waals surface area contributed by atoms with Gasteiger partial charge in [-0.3, -0.25) is 4.31 Å². The Labute approximate surface area is 191 Å². The molecule has 164 valence electrons. The summed E-state index contributed by atoms with van der Waals surface area (Å²) in [6.07, 6.45) is 0. The van der Waals surface area contributed by atoms with Crippen molar-refractivity contribution in [1.29, 1.82) is 5.26 Å². The molecular weight excluding hydrogens is 438 g/mol. The van der Waals surface area contributed by atoms with Gasteiger partial charge in [-0.1, -0.05) is 54.6 Å². The van der Waals surface area contributed by atoms with Gasteiger partial charge in [-0.05, 0) is 35.4 Å². The van der Waals surface area contributed by atoms with Crippen LogP contribution in [-0.4, -0.2) is 13.5 Å². The average molecular weight is 458 g/mol. The molecule has 7 nitrogen and oxygen atoms in total. The number of ether oxygens (including phenoxy) is 1. The fraction of sp³-hybridized carbons (Fsp3) is 0.0800. The number of hydrogen-bond donors (Lipinski definition) is 2. The number of rotatable bonds is 3. The number of nitrogens with zero attached hydrogens (tertiary/aromatic N) is 2. The summed E-state index contributed by atoms with van der Waals surface area (Å²) >= 11 is 0. The smallest absolute Gasteiger partial charge is 0.265 e. The maximum atomic E-state index is 14.1. The van der Waals surface area contributed by atoms with Crippen LogP contribution in [0.25, 0.3) is 5.76 Å². The average Bonchev–Trinajstić information content (AvgIpc) is 2.82. The Morgan fingerprint density at radius 2 is 1.67 bits per heavy atom. The first kappa shape index (κ1) is 20.7. The fourth-order valence-corrected chi connectivity index (χ4v) is 6.14. The molecule has 3 N–H and O–H groups in total. The number of anilines is 1. The maximum Gasteiger partial charge on any atom is 0.265 e. The number of phenols is 1. The van der Waals surface area contributed by atoms with Crippen molar-refractivity contribution in [2.45, 2.75) is 12.5 Å². The Kier molecular flexibility index (Phi) is 4.84. The Hall–Kier alpha value is -4.22. The number of para-hydroxylation sites is 1. The lowest BCUT2D eigenvalue weighted by Crippen LogP contribution is -2.39. The minimum Gasteiger partial charge on any atom is -0.508 e. The van der Waals surface area contributed by atoms with Gasteiger partial charge < -0.3 is 15.6 Å². The summed E-state index contributed by atoms with van der Waals surface area (Å²) in [5, 5.41) is 19.6. The molecule has 0 amide bonds. The van der Waals surface area contributed by atoms with Gasteiger partial charge in [-0.2, -0.15) is 5.26 Å². The third-order valence-corrected chi connectivity index (χ3v) is 7.64. The molecule has 0 aromatic heterocycles. The van der Waals surface area contributed by atoms with E-state index in [-0.39, 0.29) is 34.4 Å². The maximum absolute atomic E-state index is 14.1. The van der Waals surface area contributed by atoms with Crippen LogP contribution in [0.4, 0.5) is 5.69 Å². The van der Waals surface area contributed by atoms with Crippen molar-refractivity contribution in [3.05, 3.63) is 112 Å². The summed E-state index contributed by atoms with van der Waals surface area (Å²) in [6.45, 7) is 0.111. The number of hydrogen-bond acceptors (Lipinski definition) is 6. The molecule has 1 atom stereocenters. The molecule has 3 aromatic carbocycles. The van der Waals surface area contributed by atoms with Crippen LogP contribution in [0.15, 0.2) is 95.2 Å². The first-order valence-corrected chi connectivity index (χ1v) is 11.6. The van der Waals surface area contributed by atoms with Crippen LogP contribution in [0, 0.1) is 11.3 Å². The molecule has 0 bridgehead atoms. The van der Waals surface area contributed by atoms with Gasteiger partial charge in [0.25, 0.3) is 10.0 Å². The molecule has 0 spiro atoms. The van der Waals surface area contributed by atoms with E-state index >= 15 is 0 Å². The molecule has 8 heteroatoms. The number of phenolic OH excluding ortho intramolecular Hbond substituents is 1. The SMILES string of the molecule is N#CC1=C(N)OC2=C([C@H]1c1ccc(O)cc1)S(=O)(=O)N(Cc1ccccc1)c1ccccc12. The lowest BCUT2D eigenvalue weighted by Gasteiger charge is -2.38. The largest absolute Gasteiger partial charge is 0.508 e. The second-order valence-corrected chi connectivity index (χ2v) is 9.55. The molecule has 0 aliphatic carbocycles. The van der Waals surface area contributed by atoms with E-state index < -0.39 is 15.9 Å². The number of sulfonamides is 1. The Morgan fingerprint density at radius 3 is 2.36 bits per heavy atom.